The number of hydrogen-bond acceptors (Lipinski definition) is 2. The summed E-state index contributed by atoms with van der Waals surface area (Å²) < 4.78 is 0. The van der Waals surface area contributed by atoms with Crippen molar-refractivity contribution in [2.24, 2.45) is 0 Å². The lowest BCUT2D eigenvalue weighted by atomic mass is 10.1. The number of carbonyl (C=O) groups excluding carboxylic acids is 1. The van der Waals surface area contributed by atoms with Crippen molar-refractivity contribution in [2.45, 2.75) is 13.3 Å². The van der Waals surface area contributed by atoms with E-state index in [-0.39, 0.29) is 11.5 Å². The van der Waals surface area contributed by atoms with Crippen LogP contribution in [-0.4, -0.2) is 23.5 Å². The molecule has 0 spiro atoms. The normalized spacial score (nSPS) is 13.1. The van der Waals surface area contributed by atoms with E-state index in [1.165, 1.54) is 0 Å². The van der Waals surface area contributed by atoms with Gasteiger partial charge in [0.15, 0.2) is 0 Å². The topological polar surface area (TPSA) is 57.6 Å². The molecule has 0 radical (unpaired) electrons. The number of carboxylic acids is 1. The molecule has 0 unspecified atom stereocenters. The average molecular weight is 281 g/mol. The number of rotatable bonds is 2. The van der Waals surface area contributed by atoms with Crippen molar-refractivity contribution in [3.63, 3.8) is 0 Å². The highest BCUT2D eigenvalue weighted by Gasteiger charge is 2.26. The minimum atomic E-state index is -0.943. The van der Waals surface area contributed by atoms with Crippen LogP contribution >= 0.6 is 0 Å². The first-order valence-electron chi connectivity index (χ1n) is 6.81. The maximum absolute atomic E-state index is 12.5. The first-order valence-corrected chi connectivity index (χ1v) is 6.81. The highest BCUT2D eigenvalue weighted by Crippen LogP contribution is 2.30. The molecule has 106 valence electrons. The molecule has 1 aliphatic heterocycles. The lowest BCUT2D eigenvalue weighted by Gasteiger charge is -2.17. The zero-order valence-electron chi connectivity index (χ0n) is 11.7. The van der Waals surface area contributed by atoms with Crippen molar-refractivity contribution >= 4 is 17.6 Å². The molecule has 0 aromatic heterocycles. The predicted octanol–water partition coefficient (Wildman–Crippen LogP) is 2.90. The number of aromatic carboxylic acids is 1. The number of benzene rings is 2. The Kier molecular flexibility index (Phi) is 3.22. The molecule has 4 heteroatoms. The molecule has 1 N–H and O–H groups in total. The minimum Gasteiger partial charge on any atom is -0.478 e. The van der Waals surface area contributed by atoms with E-state index in [4.69, 9.17) is 5.11 Å². The molecule has 0 aliphatic carbocycles. The number of carboxylic acid groups (broad SMARTS) is 1. The standard InChI is InChI=1S/C17H15NO3/c1-11-2-4-12(5-3-11)16(19)18-9-8-13-10-14(17(20)21)6-7-15(13)18/h2-7,10H,8-9H2,1H3,(H,20,21). The lowest BCUT2D eigenvalue weighted by molar-refractivity contribution is 0.0696. The molecule has 2 aromatic rings. The third-order valence-corrected chi connectivity index (χ3v) is 3.77. The number of aryl methyl sites for hydroxylation is 1. The Morgan fingerprint density at radius 1 is 1.05 bits per heavy atom. The number of carbonyl (C=O) groups is 2. The Morgan fingerprint density at radius 2 is 1.71 bits per heavy atom. The summed E-state index contributed by atoms with van der Waals surface area (Å²) in [5.41, 5.74) is 3.74. The van der Waals surface area contributed by atoms with Gasteiger partial charge < -0.3 is 10.0 Å². The molecule has 4 nitrogen and oxygen atoms in total. The van der Waals surface area contributed by atoms with E-state index in [1.54, 1.807) is 23.1 Å². The summed E-state index contributed by atoms with van der Waals surface area (Å²) in [6, 6.07) is 12.4. The molecule has 21 heavy (non-hydrogen) atoms. The van der Waals surface area contributed by atoms with Gasteiger partial charge in [-0.25, -0.2) is 4.79 Å². The molecule has 1 aliphatic rings. The first-order chi connectivity index (χ1) is 10.1. The van der Waals surface area contributed by atoms with Crippen LogP contribution in [0.3, 0.4) is 0 Å². The van der Waals surface area contributed by atoms with Gasteiger partial charge in [-0.1, -0.05) is 17.7 Å². The fraction of sp³-hybridized carbons (Fsp3) is 0.176. The van der Waals surface area contributed by atoms with Crippen LogP contribution in [0.5, 0.6) is 0 Å². The molecule has 0 saturated carbocycles. The second kappa shape index (κ2) is 5.05. The molecular weight excluding hydrogens is 266 g/mol. The molecule has 1 amide bonds. The molecule has 0 saturated heterocycles. The summed E-state index contributed by atoms with van der Waals surface area (Å²) >= 11 is 0. The minimum absolute atomic E-state index is 0.0446. The van der Waals surface area contributed by atoms with Crippen molar-refractivity contribution < 1.29 is 14.7 Å². The molecule has 0 fully saturated rings. The van der Waals surface area contributed by atoms with Crippen molar-refractivity contribution in [2.75, 3.05) is 11.4 Å². The fourth-order valence-corrected chi connectivity index (χ4v) is 2.60. The van der Waals surface area contributed by atoms with Crippen LogP contribution in [0.2, 0.25) is 0 Å². The Morgan fingerprint density at radius 3 is 2.38 bits per heavy atom. The van der Waals surface area contributed by atoms with Crippen LogP contribution in [0.15, 0.2) is 42.5 Å². The van der Waals surface area contributed by atoms with Gasteiger partial charge in [-0.3, -0.25) is 4.79 Å². The van der Waals surface area contributed by atoms with Gasteiger partial charge in [-0.05, 0) is 49.2 Å². The van der Waals surface area contributed by atoms with Gasteiger partial charge in [-0.15, -0.1) is 0 Å². The Bertz CT molecular complexity index is 719. The second-order valence-corrected chi connectivity index (χ2v) is 5.22. The van der Waals surface area contributed by atoms with Crippen LogP contribution in [0.25, 0.3) is 0 Å². The number of amides is 1. The van der Waals surface area contributed by atoms with Gasteiger partial charge in [-0.2, -0.15) is 0 Å². The molecule has 0 atom stereocenters. The maximum Gasteiger partial charge on any atom is 0.335 e. The monoisotopic (exact) mass is 281 g/mol. The van der Waals surface area contributed by atoms with Gasteiger partial charge in [0.05, 0.1) is 5.56 Å². The summed E-state index contributed by atoms with van der Waals surface area (Å²) in [7, 11) is 0. The van der Waals surface area contributed by atoms with Crippen LogP contribution in [0, 0.1) is 6.92 Å². The number of hydrogen-bond donors (Lipinski definition) is 1. The SMILES string of the molecule is Cc1ccc(C(=O)N2CCc3cc(C(=O)O)ccc32)cc1. The lowest BCUT2D eigenvalue weighted by Crippen LogP contribution is -2.28. The average Bonchev–Trinajstić information content (AvgIpc) is 2.90. The summed E-state index contributed by atoms with van der Waals surface area (Å²) in [6.45, 7) is 2.57. The zero-order chi connectivity index (χ0) is 15.0. The molecule has 0 bridgehead atoms. The van der Waals surface area contributed by atoms with E-state index in [9.17, 15) is 9.59 Å². The molecule has 2 aromatic carbocycles. The van der Waals surface area contributed by atoms with E-state index in [0.29, 0.717) is 18.5 Å². The van der Waals surface area contributed by atoms with E-state index >= 15 is 0 Å². The van der Waals surface area contributed by atoms with Gasteiger partial charge >= 0.3 is 5.97 Å². The third kappa shape index (κ3) is 2.40. The van der Waals surface area contributed by atoms with Gasteiger partial charge in [0.2, 0.25) is 0 Å². The van der Waals surface area contributed by atoms with Crippen LogP contribution in [0.4, 0.5) is 5.69 Å². The van der Waals surface area contributed by atoms with E-state index in [0.717, 1.165) is 16.8 Å². The quantitative estimate of drug-likeness (QED) is 0.920. The summed E-state index contributed by atoms with van der Waals surface area (Å²) in [6.07, 6.45) is 0.689. The fourth-order valence-electron chi connectivity index (χ4n) is 2.60. The number of fused-ring (bicyclic) bond motifs is 1. The van der Waals surface area contributed by atoms with Crippen LogP contribution < -0.4 is 4.90 Å². The van der Waals surface area contributed by atoms with Gasteiger partial charge in [0.1, 0.15) is 0 Å². The number of anilines is 1. The Hall–Kier alpha value is -2.62. The molecular formula is C17H15NO3. The summed E-state index contributed by atoms with van der Waals surface area (Å²) in [5.74, 6) is -0.988. The highest BCUT2D eigenvalue weighted by molar-refractivity contribution is 6.07. The van der Waals surface area contributed by atoms with Crippen molar-refractivity contribution in [1.29, 1.82) is 0 Å². The van der Waals surface area contributed by atoms with Crippen molar-refractivity contribution in [3.8, 4) is 0 Å². The van der Waals surface area contributed by atoms with Crippen molar-refractivity contribution in [3.05, 3.63) is 64.7 Å². The van der Waals surface area contributed by atoms with E-state index in [2.05, 4.69) is 0 Å². The largest absolute Gasteiger partial charge is 0.478 e. The smallest absolute Gasteiger partial charge is 0.335 e. The first kappa shape index (κ1) is 13.4. The Balaban J connectivity index is 1.92. The van der Waals surface area contributed by atoms with E-state index in [1.807, 2.05) is 31.2 Å². The van der Waals surface area contributed by atoms with Crippen LogP contribution in [0.1, 0.15) is 31.8 Å². The number of nitrogens with zero attached hydrogens (tertiary/aromatic N) is 1. The van der Waals surface area contributed by atoms with Gasteiger partial charge in [0.25, 0.3) is 5.91 Å². The predicted molar refractivity (Wildman–Crippen MR) is 80.0 cm³/mol. The van der Waals surface area contributed by atoms with Crippen molar-refractivity contribution in [1.82, 2.24) is 0 Å². The van der Waals surface area contributed by atoms with Crippen LogP contribution in [-0.2, 0) is 6.42 Å². The second-order valence-electron chi connectivity index (χ2n) is 5.22. The van der Waals surface area contributed by atoms with Gasteiger partial charge in [0, 0.05) is 17.8 Å². The molecule has 3 rings (SSSR count). The third-order valence-electron chi connectivity index (χ3n) is 3.77. The summed E-state index contributed by atoms with van der Waals surface area (Å²) in [4.78, 5) is 25.3. The summed E-state index contributed by atoms with van der Waals surface area (Å²) in [5, 5.41) is 9.01. The zero-order valence-corrected chi connectivity index (χ0v) is 11.7. The Labute approximate surface area is 122 Å². The van der Waals surface area contributed by atoms with E-state index < -0.39 is 5.97 Å². The highest BCUT2D eigenvalue weighted by atomic mass is 16.4. The molecule has 1 heterocycles. The maximum atomic E-state index is 12.5.